The van der Waals surface area contributed by atoms with Gasteiger partial charge in [0.05, 0.1) is 6.10 Å². The molecule has 0 aliphatic carbocycles. The highest BCUT2D eigenvalue weighted by atomic mass is 16.3. The summed E-state index contributed by atoms with van der Waals surface area (Å²) < 4.78 is 0. The zero-order valence-electron chi connectivity index (χ0n) is 12.3. The molecule has 0 saturated carbocycles. The molecule has 110 valence electrons. The van der Waals surface area contributed by atoms with Crippen LogP contribution < -0.4 is 5.32 Å². The molecule has 1 aromatic heterocycles. The summed E-state index contributed by atoms with van der Waals surface area (Å²) in [6.07, 6.45) is 7.39. The Hall–Kier alpha value is -1.13. The summed E-state index contributed by atoms with van der Waals surface area (Å²) >= 11 is 0. The number of rotatable bonds is 5. The molecule has 2 bridgehead atoms. The number of hydrogen-bond donors (Lipinski definition) is 2. The van der Waals surface area contributed by atoms with Gasteiger partial charge in [0.25, 0.3) is 0 Å². The summed E-state index contributed by atoms with van der Waals surface area (Å²) in [6.45, 7) is 4.10. The average Bonchev–Trinajstić information content (AvgIpc) is 2.70. The van der Waals surface area contributed by atoms with Gasteiger partial charge >= 0.3 is 0 Å². The number of nitrogens with zero attached hydrogens (tertiary/aromatic N) is 2. The zero-order valence-corrected chi connectivity index (χ0v) is 12.3. The highest BCUT2D eigenvalue weighted by molar-refractivity contribution is 5.35. The summed E-state index contributed by atoms with van der Waals surface area (Å²) in [4.78, 5) is 7.05. The minimum atomic E-state index is -0.0810. The fraction of sp³-hybridized carbons (Fsp3) is 0.688. The van der Waals surface area contributed by atoms with Crippen LogP contribution in [0.25, 0.3) is 0 Å². The van der Waals surface area contributed by atoms with Crippen LogP contribution in [0, 0.1) is 0 Å². The molecule has 0 amide bonds. The van der Waals surface area contributed by atoms with Crippen molar-refractivity contribution in [1.29, 1.82) is 0 Å². The fourth-order valence-electron chi connectivity index (χ4n) is 3.59. The summed E-state index contributed by atoms with van der Waals surface area (Å²) in [5, 5.41) is 13.1. The van der Waals surface area contributed by atoms with Crippen LogP contribution in [0.1, 0.15) is 44.6 Å². The SMILES string of the molecule is CCCNc1ccc(CN2C3CCC2CC(O)C3)cn1. The van der Waals surface area contributed by atoms with Crippen LogP contribution in [0.2, 0.25) is 0 Å². The molecule has 2 atom stereocenters. The van der Waals surface area contributed by atoms with Crippen molar-refractivity contribution in [3.05, 3.63) is 23.9 Å². The van der Waals surface area contributed by atoms with Crippen molar-refractivity contribution in [3.8, 4) is 0 Å². The predicted molar refractivity (Wildman–Crippen MR) is 80.6 cm³/mol. The van der Waals surface area contributed by atoms with Crippen molar-refractivity contribution >= 4 is 5.82 Å². The highest BCUT2D eigenvalue weighted by Crippen LogP contribution is 2.36. The highest BCUT2D eigenvalue weighted by Gasteiger charge is 2.39. The van der Waals surface area contributed by atoms with Crippen molar-refractivity contribution in [1.82, 2.24) is 9.88 Å². The first-order valence-corrected chi connectivity index (χ1v) is 7.89. The molecule has 0 radical (unpaired) electrons. The average molecular weight is 275 g/mol. The lowest BCUT2D eigenvalue weighted by Crippen LogP contribution is -2.44. The van der Waals surface area contributed by atoms with E-state index in [2.05, 4.69) is 34.3 Å². The number of aromatic nitrogens is 1. The van der Waals surface area contributed by atoms with Gasteiger partial charge in [-0.2, -0.15) is 0 Å². The topological polar surface area (TPSA) is 48.4 Å². The Morgan fingerprint density at radius 3 is 2.65 bits per heavy atom. The summed E-state index contributed by atoms with van der Waals surface area (Å²) in [5.74, 6) is 0.965. The lowest BCUT2D eigenvalue weighted by Gasteiger charge is -2.37. The zero-order chi connectivity index (χ0) is 13.9. The molecule has 2 aliphatic heterocycles. The maximum atomic E-state index is 9.85. The number of nitrogens with one attached hydrogen (secondary N) is 1. The van der Waals surface area contributed by atoms with E-state index < -0.39 is 0 Å². The monoisotopic (exact) mass is 275 g/mol. The van der Waals surface area contributed by atoms with Gasteiger partial charge < -0.3 is 10.4 Å². The minimum Gasteiger partial charge on any atom is -0.393 e. The van der Waals surface area contributed by atoms with E-state index in [1.807, 2.05) is 6.20 Å². The Labute approximate surface area is 121 Å². The molecule has 2 aliphatic rings. The molecular formula is C16H25N3O. The van der Waals surface area contributed by atoms with E-state index in [0.717, 1.165) is 38.2 Å². The molecule has 3 heterocycles. The third-order valence-corrected chi connectivity index (χ3v) is 4.61. The predicted octanol–water partition coefficient (Wildman–Crippen LogP) is 2.39. The standard InChI is InChI=1S/C16H25N3O/c1-2-7-17-16-6-3-12(10-18-16)11-19-13-4-5-14(19)9-15(20)8-13/h3,6,10,13-15,20H,2,4-5,7-9,11H2,1H3,(H,17,18). The molecule has 4 nitrogen and oxygen atoms in total. The van der Waals surface area contributed by atoms with Gasteiger partial charge in [0.15, 0.2) is 0 Å². The number of aliphatic hydroxyl groups excluding tert-OH is 1. The Morgan fingerprint density at radius 2 is 2.05 bits per heavy atom. The summed E-state index contributed by atoms with van der Waals surface area (Å²) in [5.41, 5.74) is 1.28. The molecule has 4 heteroatoms. The van der Waals surface area contributed by atoms with Crippen LogP contribution in [0.4, 0.5) is 5.82 Å². The van der Waals surface area contributed by atoms with E-state index in [-0.39, 0.29) is 6.10 Å². The lowest BCUT2D eigenvalue weighted by atomic mass is 9.99. The molecule has 20 heavy (non-hydrogen) atoms. The molecule has 2 N–H and O–H groups in total. The number of aliphatic hydroxyl groups is 1. The summed E-state index contributed by atoms with van der Waals surface area (Å²) in [7, 11) is 0. The third-order valence-electron chi connectivity index (χ3n) is 4.61. The van der Waals surface area contributed by atoms with Crippen molar-refractivity contribution < 1.29 is 5.11 Å². The number of pyridine rings is 1. The van der Waals surface area contributed by atoms with Gasteiger partial charge in [-0.1, -0.05) is 13.0 Å². The van der Waals surface area contributed by atoms with E-state index >= 15 is 0 Å². The molecular weight excluding hydrogens is 250 g/mol. The first-order valence-electron chi connectivity index (χ1n) is 7.89. The minimum absolute atomic E-state index is 0.0810. The Bertz CT molecular complexity index is 420. The molecule has 3 rings (SSSR count). The number of anilines is 1. The van der Waals surface area contributed by atoms with Crippen LogP contribution in [0.15, 0.2) is 18.3 Å². The van der Waals surface area contributed by atoms with Gasteiger partial charge in [-0.05, 0) is 43.7 Å². The van der Waals surface area contributed by atoms with E-state index in [1.165, 1.54) is 18.4 Å². The van der Waals surface area contributed by atoms with E-state index in [9.17, 15) is 5.11 Å². The normalized spacial score (nSPS) is 29.6. The van der Waals surface area contributed by atoms with Crippen molar-refractivity contribution in [2.24, 2.45) is 0 Å². The molecule has 0 spiro atoms. The molecule has 2 fully saturated rings. The second kappa shape index (κ2) is 6.10. The van der Waals surface area contributed by atoms with E-state index in [1.54, 1.807) is 0 Å². The van der Waals surface area contributed by atoms with E-state index in [4.69, 9.17) is 0 Å². The second-order valence-electron chi connectivity index (χ2n) is 6.16. The number of hydrogen-bond acceptors (Lipinski definition) is 4. The van der Waals surface area contributed by atoms with Crippen molar-refractivity contribution in [2.75, 3.05) is 11.9 Å². The van der Waals surface area contributed by atoms with Gasteiger partial charge in [0.1, 0.15) is 5.82 Å². The van der Waals surface area contributed by atoms with E-state index in [0.29, 0.717) is 12.1 Å². The van der Waals surface area contributed by atoms with Crippen LogP contribution >= 0.6 is 0 Å². The summed E-state index contributed by atoms with van der Waals surface area (Å²) in [6, 6.07) is 5.39. The lowest BCUT2D eigenvalue weighted by molar-refractivity contribution is 0.0310. The fourth-order valence-corrected chi connectivity index (χ4v) is 3.59. The largest absolute Gasteiger partial charge is 0.393 e. The van der Waals surface area contributed by atoms with Crippen LogP contribution in [0.3, 0.4) is 0 Å². The Balaban J connectivity index is 1.61. The number of fused-ring (bicyclic) bond motifs is 2. The van der Waals surface area contributed by atoms with Crippen LogP contribution in [-0.4, -0.2) is 39.7 Å². The van der Waals surface area contributed by atoms with Crippen LogP contribution in [-0.2, 0) is 6.54 Å². The van der Waals surface area contributed by atoms with Gasteiger partial charge in [-0.3, -0.25) is 4.90 Å². The molecule has 2 saturated heterocycles. The van der Waals surface area contributed by atoms with Crippen molar-refractivity contribution in [3.63, 3.8) is 0 Å². The first kappa shape index (κ1) is 13.8. The Morgan fingerprint density at radius 1 is 1.30 bits per heavy atom. The van der Waals surface area contributed by atoms with Gasteiger partial charge in [0, 0.05) is 31.4 Å². The van der Waals surface area contributed by atoms with Gasteiger partial charge in [0.2, 0.25) is 0 Å². The van der Waals surface area contributed by atoms with Gasteiger partial charge in [-0.15, -0.1) is 0 Å². The first-order chi connectivity index (χ1) is 9.76. The Kier molecular flexibility index (Phi) is 4.22. The maximum absolute atomic E-state index is 9.85. The molecule has 0 aromatic carbocycles. The number of piperidine rings is 1. The van der Waals surface area contributed by atoms with Gasteiger partial charge in [-0.25, -0.2) is 4.98 Å². The molecule has 2 unspecified atom stereocenters. The smallest absolute Gasteiger partial charge is 0.125 e. The maximum Gasteiger partial charge on any atom is 0.125 e. The third kappa shape index (κ3) is 2.96. The van der Waals surface area contributed by atoms with Crippen molar-refractivity contribution in [2.45, 2.75) is 63.8 Å². The van der Waals surface area contributed by atoms with Crippen LogP contribution in [0.5, 0.6) is 0 Å². The second-order valence-corrected chi connectivity index (χ2v) is 6.16. The quantitative estimate of drug-likeness (QED) is 0.866. The molecule has 1 aromatic rings.